The van der Waals surface area contributed by atoms with Crippen molar-refractivity contribution in [3.63, 3.8) is 0 Å². The minimum atomic E-state index is 0.633. The molecule has 8 rings (SSSR count). The average Bonchev–Trinajstić information content (AvgIpc) is 3.62. The van der Waals surface area contributed by atoms with E-state index in [0.29, 0.717) is 13.2 Å². The summed E-state index contributed by atoms with van der Waals surface area (Å²) in [4.78, 5) is 2.34. The highest BCUT2D eigenvalue weighted by molar-refractivity contribution is 6.37. The summed E-state index contributed by atoms with van der Waals surface area (Å²) in [7, 11) is 0. The molecule has 0 spiro atoms. The maximum atomic E-state index is 5.79. The highest BCUT2D eigenvalue weighted by Gasteiger charge is 2.25. The second-order valence-electron chi connectivity index (χ2n) is 12.3. The zero-order chi connectivity index (χ0) is 32.4. The normalized spacial score (nSPS) is 11.7. The van der Waals surface area contributed by atoms with Gasteiger partial charge in [-0.15, -0.1) is 0 Å². The summed E-state index contributed by atoms with van der Waals surface area (Å²) in [5.74, 6) is 1.72. The Bertz CT molecular complexity index is 2480. The molecule has 0 heterocycles. The first-order valence-electron chi connectivity index (χ1n) is 16.4. The zero-order valence-electron chi connectivity index (χ0n) is 27.4. The predicted octanol–water partition coefficient (Wildman–Crippen LogP) is 11.5. The number of aryl methyl sites for hydroxylation is 2. The number of hydrogen-bond acceptors (Lipinski definition) is 3. The number of nitrogens with zero attached hydrogens (tertiary/aromatic N) is 1. The van der Waals surface area contributed by atoms with Crippen molar-refractivity contribution in [1.29, 1.82) is 0 Å². The molecule has 0 aliphatic rings. The van der Waals surface area contributed by atoms with Crippen LogP contribution in [-0.4, -0.2) is 13.2 Å². The SMILES string of the molecule is C=Cc1c2c(C)c3c4ccc(N(c5ccc(OCC)cc5)c5ccc(OCC)cc5)c5cccc(c3c(C)c2c2cccc(=C)c12)c54. The van der Waals surface area contributed by atoms with Crippen molar-refractivity contribution >= 4 is 83.6 Å². The van der Waals surface area contributed by atoms with Gasteiger partial charge in [0.1, 0.15) is 11.5 Å². The lowest BCUT2D eigenvalue weighted by molar-refractivity contribution is 0.340. The Hall–Kier alpha value is -5.54. The van der Waals surface area contributed by atoms with Crippen molar-refractivity contribution in [2.24, 2.45) is 0 Å². The zero-order valence-corrected chi connectivity index (χ0v) is 27.4. The van der Waals surface area contributed by atoms with Gasteiger partial charge < -0.3 is 14.4 Å². The van der Waals surface area contributed by atoms with Crippen molar-refractivity contribution in [2.45, 2.75) is 27.7 Å². The third kappa shape index (κ3) is 4.19. The molecule has 0 aromatic heterocycles. The van der Waals surface area contributed by atoms with E-state index in [1.807, 2.05) is 44.2 Å². The smallest absolute Gasteiger partial charge is 0.119 e. The van der Waals surface area contributed by atoms with Crippen LogP contribution in [0.2, 0.25) is 0 Å². The Morgan fingerprint density at radius 2 is 1.04 bits per heavy atom. The minimum Gasteiger partial charge on any atom is -0.494 e. The van der Waals surface area contributed by atoms with Gasteiger partial charge in [0, 0.05) is 16.8 Å². The summed E-state index contributed by atoms with van der Waals surface area (Å²) >= 11 is 0. The van der Waals surface area contributed by atoms with Crippen LogP contribution in [-0.2, 0) is 0 Å². The van der Waals surface area contributed by atoms with Crippen LogP contribution < -0.4 is 19.6 Å². The largest absolute Gasteiger partial charge is 0.494 e. The van der Waals surface area contributed by atoms with Gasteiger partial charge in [-0.3, -0.25) is 0 Å². The van der Waals surface area contributed by atoms with Crippen LogP contribution in [0.3, 0.4) is 0 Å². The second kappa shape index (κ2) is 11.1. The molecule has 47 heavy (non-hydrogen) atoms. The lowest BCUT2D eigenvalue weighted by atomic mass is 9.94. The van der Waals surface area contributed by atoms with Crippen LogP contribution in [0.15, 0.2) is 104 Å². The Labute approximate surface area is 275 Å². The quantitative estimate of drug-likeness (QED) is 0.171. The molecule has 8 aromatic rings. The van der Waals surface area contributed by atoms with Gasteiger partial charge >= 0.3 is 0 Å². The third-order valence-electron chi connectivity index (χ3n) is 9.77. The lowest BCUT2D eigenvalue weighted by Gasteiger charge is -2.27. The molecule has 0 aliphatic carbocycles. The number of anilines is 3. The van der Waals surface area contributed by atoms with Gasteiger partial charge in [0.25, 0.3) is 0 Å². The Kier molecular flexibility index (Phi) is 6.80. The molecular formula is C44H37NO2. The molecule has 0 N–H and O–H groups in total. The molecule has 0 aliphatic heterocycles. The number of fused-ring (bicyclic) bond motifs is 6. The van der Waals surface area contributed by atoms with Crippen LogP contribution in [0, 0.1) is 13.8 Å². The van der Waals surface area contributed by atoms with Crippen LogP contribution in [0.25, 0.3) is 66.5 Å². The Morgan fingerprint density at radius 3 is 1.62 bits per heavy atom. The predicted molar refractivity (Wildman–Crippen MR) is 202 cm³/mol. The molecule has 0 saturated heterocycles. The molecule has 8 aromatic carbocycles. The lowest BCUT2D eigenvalue weighted by Crippen LogP contribution is -2.10. The standard InChI is InChI=1S/C44H37NO2/c1-7-33-39-26(4)12-10-14-35(39)41-28(6)42-36-15-11-13-34-38(25-24-37(44(34)36)43(42)27(5)40(33)41)45(29-16-20-31(21-17-29)46-8-2)30-18-22-32(23-19-30)47-9-3/h7,10-25H,1,4,8-9H2,2-3,5-6H3. The molecule has 230 valence electrons. The maximum absolute atomic E-state index is 5.79. The van der Waals surface area contributed by atoms with E-state index in [2.05, 4.69) is 105 Å². The van der Waals surface area contributed by atoms with Gasteiger partial charge in [-0.05, 0) is 153 Å². The van der Waals surface area contributed by atoms with Gasteiger partial charge in [-0.25, -0.2) is 0 Å². The fourth-order valence-corrected chi connectivity index (χ4v) is 7.95. The van der Waals surface area contributed by atoms with Gasteiger partial charge in [-0.2, -0.15) is 0 Å². The Morgan fingerprint density at radius 1 is 0.553 bits per heavy atom. The van der Waals surface area contributed by atoms with Gasteiger partial charge in [-0.1, -0.05) is 61.7 Å². The van der Waals surface area contributed by atoms with E-state index in [9.17, 15) is 0 Å². The summed E-state index contributed by atoms with van der Waals surface area (Å²) in [6.07, 6.45) is 2.02. The van der Waals surface area contributed by atoms with Gasteiger partial charge in [0.05, 0.1) is 18.9 Å². The van der Waals surface area contributed by atoms with Gasteiger partial charge in [0.15, 0.2) is 0 Å². The van der Waals surface area contributed by atoms with Crippen molar-refractivity contribution in [3.8, 4) is 11.5 Å². The summed E-state index contributed by atoms with van der Waals surface area (Å²) in [5, 5.41) is 13.8. The number of benzene rings is 6. The molecule has 0 fully saturated rings. The second-order valence-corrected chi connectivity index (χ2v) is 12.3. The number of hydrogen-bond donors (Lipinski definition) is 0. The first-order valence-corrected chi connectivity index (χ1v) is 16.4. The molecular weight excluding hydrogens is 574 g/mol. The Balaban J connectivity index is 1.44. The highest BCUT2D eigenvalue weighted by Crippen LogP contribution is 2.50. The molecule has 0 bridgehead atoms. The summed E-state index contributed by atoms with van der Waals surface area (Å²) < 4.78 is 11.6. The summed E-state index contributed by atoms with van der Waals surface area (Å²) in [6.45, 7) is 18.5. The van der Waals surface area contributed by atoms with E-state index in [1.165, 1.54) is 70.6 Å². The van der Waals surface area contributed by atoms with Crippen LogP contribution in [0.1, 0.15) is 30.5 Å². The molecule has 0 unspecified atom stereocenters. The van der Waals surface area contributed by atoms with E-state index in [0.717, 1.165) is 33.8 Å². The molecule has 0 amide bonds. The van der Waals surface area contributed by atoms with Crippen molar-refractivity contribution in [1.82, 2.24) is 0 Å². The van der Waals surface area contributed by atoms with Crippen LogP contribution >= 0.6 is 0 Å². The van der Waals surface area contributed by atoms with E-state index < -0.39 is 0 Å². The topological polar surface area (TPSA) is 21.7 Å². The van der Waals surface area contributed by atoms with E-state index in [1.54, 1.807) is 0 Å². The first kappa shape index (κ1) is 28.9. The van der Waals surface area contributed by atoms with Gasteiger partial charge in [0.2, 0.25) is 0 Å². The first-order chi connectivity index (χ1) is 23.0. The molecule has 0 saturated carbocycles. The monoisotopic (exact) mass is 611 g/mol. The summed E-state index contributed by atoms with van der Waals surface area (Å²) in [5.41, 5.74) is 7.04. The maximum Gasteiger partial charge on any atom is 0.119 e. The fraction of sp³-hybridized carbons (Fsp3) is 0.136. The number of rotatable bonds is 8. The molecule has 3 heteroatoms. The van der Waals surface area contributed by atoms with Crippen molar-refractivity contribution in [2.75, 3.05) is 18.1 Å². The summed E-state index contributed by atoms with van der Waals surface area (Å²) in [6, 6.07) is 34.6. The van der Waals surface area contributed by atoms with E-state index in [-0.39, 0.29) is 0 Å². The molecule has 0 atom stereocenters. The fourth-order valence-electron chi connectivity index (χ4n) is 7.95. The van der Waals surface area contributed by atoms with Crippen molar-refractivity contribution < 1.29 is 9.47 Å². The van der Waals surface area contributed by atoms with Crippen LogP contribution in [0.4, 0.5) is 17.1 Å². The third-order valence-corrected chi connectivity index (χ3v) is 9.77. The van der Waals surface area contributed by atoms with Crippen molar-refractivity contribution in [3.05, 3.63) is 126 Å². The van der Waals surface area contributed by atoms with E-state index in [4.69, 9.17) is 9.47 Å². The molecule has 0 radical (unpaired) electrons. The number of ether oxygens (including phenoxy) is 2. The minimum absolute atomic E-state index is 0.633. The van der Waals surface area contributed by atoms with Crippen LogP contribution in [0.5, 0.6) is 11.5 Å². The highest BCUT2D eigenvalue weighted by atomic mass is 16.5. The molecule has 3 nitrogen and oxygen atoms in total. The average molecular weight is 612 g/mol. The van der Waals surface area contributed by atoms with E-state index >= 15 is 0 Å².